The van der Waals surface area contributed by atoms with E-state index < -0.39 is 10.9 Å². The van der Waals surface area contributed by atoms with Crippen molar-refractivity contribution in [2.24, 2.45) is 0 Å². The Hall–Kier alpha value is -2.43. The number of hydrogen-bond acceptors (Lipinski definition) is 3. The number of benzene rings is 3. The normalized spacial score (nSPS) is 25.4. The van der Waals surface area contributed by atoms with Crippen LogP contribution in [0.2, 0.25) is 0 Å². The van der Waals surface area contributed by atoms with Gasteiger partial charge in [0.05, 0.1) is 18.3 Å². The van der Waals surface area contributed by atoms with E-state index in [1.54, 1.807) is 18.9 Å². The Bertz CT molecular complexity index is 1060. The smallest absolute Gasteiger partial charge is 0.248 e. The maximum atomic E-state index is 13.0. The highest BCUT2D eigenvalue weighted by atomic mass is 35.5. The minimum atomic E-state index is -0.603. The molecule has 5 heteroatoms. The highest BCUT2D eigenvalue weighted by molar-refractivity contribution is 7.99. The Kier molecular flexibility index (Phi) is 4.56. The quantitative estimate of drug-likeness (QED) is 0.396. The fourth-order valence-electron chi connectivity index (χ4n) is 4.44. The van der Waals surface area contributed by atoms with Crippen molar-refractivity contribution in [3.63, 3.8) is 0 Å². The van der Waals surface area contributed by atoms with E-state index in [1.807, 2.05) is 53.4 Å². The highest BCUT2D eigenvalue weighted by Crippen LogP contribution is 2.60. The zero-order valence-electron chi connectivity index (χ0n) is 15.9. The van der Waals surface area contributed by atoms with Crippen molar-refractivity contribution >= 4 is 35.0 Å². The number of alkyl halides is 1. The minimum absolute atomic E-state index is 0.0377. The number of thioether (sulfide) groups is 1. The fraction of sp³-hybridized carbons (Fsp3) is 0.208. The second-order valence-corrected chi connectivity index (χ2v) is 9.06. The number of methoxy groups -OCH3 is 1. The molecule has 146 valence electrons. The third kappa shape index (κ3) is 2.77. The van der Waals surface area contributed by atoms with Crippen LogP contribution in [0.3, 0.4) is 0 Å². The van der Waals surface area contributed by atoms with Crippen LogP contribution in [0.1, 0.15) is 22.8 Å². The molecule has 2 aliphatic rings. The summed E-state index contributed by atoms with van der Waals surface area (Å²) < 4.78 is 5.34. The molecule has 0 aliphatic carbocycles. The number of fused-ring (bicyclic) bond motifs is 3. The number of ether oxygens (including phenoxy) is 1. The van der Waals surface area contributed by atoms with Crippen LogP contribution in [0.4, 0.5) is 5.69 Å². The van der Waals surface area contributed by atoms with Gasteiger partial charge in [0.2, 0.25) is 5.91 Å². The molecule has 0 unspecified atom stereocenters. The molecule has 0 saturated carbocycles. The topological polar surface area (TPSA) is 29.5 Å². The Morgan fingerprint density at radius 3 is 2.41 bits per heavy atom. The molecular formula is C24H20ClNO2S. The van der Waals surface area contributed by atoms with Crippen molar-refractivity contribution in [2.45, 2.75) is 27.5 Å². The largest absolute Gasteiger partial charge is 0.497 e. The van der Waals surface area contributed by atoms with E-state index in [-0.39, 0.29) is 11.2 Å². The van der Waals surface area contributed by atoms with Gasteiger partial charge in [-0.15, -0.1) is 23.4 Å². The predicted molar refractivity (Wildman–Crippen MR) is 118 cm³/mol. The van der Waals surface area contributed by atoms with Crippen LogP contribution in [0, 0.1) is 0 Å². The summed E-state index contributed by atoms with van der Waals surface area (Å²) >= 11 is 8.60. The molecule has 1 saturated heterocycles. The van der Waals surface area contributed by atoms with Gasteiger partial charge >= 0.3 is 0 Å². The number of amides is 1. The van der Waals surface area contributed by atoms with Crippen LogP contribution in [-0.2, 0) is 10.3 Å². The monoisotopic (exact) mass is 421 g/mol. The molecule has 3 atom stereocenters. The number of β-lactam (4-membered cyclic amide) rings is 1. The Morgan fingerprint density at radius 2 is 1.69 bits per heavy atom. The standard InChI is InChI=1S/C24H20ClNO2S/c1-28-18-13-11-17(12-14-18)24-15-21(16-7-3-2-4-8-16)29-20-10-6-5-9-19(20)26(24)23(27)22(24)25/h2-14,21-22H,15H2,1H3/t21-,22-,24-/m0/s1. The van der Waals surface area contributed by atoms with E-state index in [9.17, 15) is 4.79 Å². The number of hydrogen-bond donors (Lipinski definition) is 0. The summed E-state index contributed by atoms with van der Waals surface area (Å²) in [5, 5.41) is -0.423. The number of nitrogens with zero attached hydrogens (tertiary/aromatic N) is 1. The van der Waals surface area contributed by atoms with Crippen molar-refractivity contribution < 1.29 is 9.53 Å². The maximum absolute atomic E-state index is 13.0. The summed E-state index contributed by atoms with van der Waals surface area (Å²) in [4.78, 5) is 16.0. The van der Waals surface area contributed by atoms with Crippen molar-refractivity contribution in [1.29, 1.82) is 0 Å². The first-order chi connectivity index (χ1) is 14.1. The zero-order valence-corrected chi connectivity index (χ0v) is 17.5. The van der Waals surface area contributed by atoms with Crippen LogP contribution in [0.5, 0.6) is 5.75 Å². The molecule has 0 radical (unpaired) electrons. The molecule has 0 aromatic heterocycles. The highest BCUT2D eigenvalue weighted by Gasteiger charge is 2.63. The first-order valence-electron chi connectivity index (χ1n) is 9.58. The summed E-state index contributed by atoms with van der Waals surface area (Å²) in [6, 6.07) is 26.5. The molecule has 0 N–H and O–H groups in total. The molecule has 0 bridgehead atoms. The van der Waals surface area contributed by atoms with E-state index in [4.69, 9.17) is 16.3 Å². The van der Waals surface area contributed by atoms with Crippen molar-refractivity contribution in [1.82, 2.24) is 0 Å². The molecule has 3 nitrogen and oxygen atoms in total. The lowest BCUT2D eigenvalue weighted by Gasteiger charge is -2.55. The molecule has 2 aliphatic heterocycles. The zero-order chi connectivity index (χ0) is 20.0. The van der Waals surface area contributed by atoms with Crippen molar-refractivity contribution in [3.05, 3.63) is 90.0 Å². The Morgan fingerprint density at radius 1 is 1.00 bits per heavy atom. The van der Waals surface area contributed by atoms with Crippen molar-refractivity contribution in [3.8, 4) is 5.75 Å². The van der Waals surface area contributed by atoms with Gasteiger partial charge in [0, 0.05) is 10.1 Å². The SMILES string of the molecule is COc1ccc([C@]23C[C@@H](c4ccccc4)Sc4ccccc4N2C(=O)[C@@H]3Cl)cc1. The van der Waals surface area contributed by atoms with E-state index in [0.29, 0.717) is 0 Å². The first-order valence-corrected chi connectivity index (χ1v) is 10.9. The summed E-state index contributed by atoms with van der Waals surface area (Å²) in [5.74, 6) is 0.751. The van der Waals surface area contributed by atoms with Crippen LogP contribution in [0.25, 0.3) is 0 Å². The molecule has 1 amide bonds. The van der Waals surface area contributed by atoms with Gasteiger partial charge in [0.1, 0.15) is 11.1 Å². The number of halogens is 1. The second-order valence-electron chi connectivity index (χ2n) is 7.38. The average Bonchev–Trinajstić information content (AvgIpc) is 2.92. The Labute approximate surface area is 179 Å². The molecule has 5 rings (SSSR count). The lowest BCUT2D eigenvalue weighted by molar-refractivity contribution is -0.127. The molecule has 1 fully saturated rings. The summed E-state index contributed by atoms with van der Waals surface area (Å²) in [5.41, 5.74) is 2.63. The van der Waals surface area contributed by atoms with E-state index in [2.05, 4.69) is 30.3 Å². The second kappa shape index (κ2) is 7.12. The molecule has 3 aromatic rings. The third-order valence-corrected chi connectivity index (χ3v) is 7.76. The van der Waals surface area contributed by atoms with Gasteiger partial charge in [-0.2, -0.15) is 0 Å². The third-order valence-electron chi connectivity index (χ3n) is 5.89. The lowest BCUT2D eigenvalue weighted by Crippen LogP contribution is -2.70. The van der Waals surface area contributed by atoms with Crippen molar-refractivity contribution in [2.75, 3.05) is 12.0 Å². The molecule has 29 heavy (non-hydrogen) atoms. The van der Waals surface area contributed by atoms with Gasteiger partial charge in [-0.1, -0.05) is 54.6 Å². The number of carbonyl (C=O) groups excluding carboxylic acids is 1. The van der Waals surface area contributed by atoms with Gasteiger partial charge in [0.25, 0.3) is 0 Å². The van der Waals surface area contributed by atoms with Crippen LogP contribution < -0.4 is 9.64 Å². The Balaban J connectivity index is 1.70. The van der Waals surface area contributed by atoms with Gasteiger partial charge in [0.15, 0.2) is 0 Å². The summed E-state index contributed by atoms with van der Waals surface area (Å²) in [6.45, 7) is 0. The summed E-state index contributed by atoms with van der Waals surface area (Å²) in [7, 11) is 1.65. The minimum Gasteiger partial charge on any atom is -0.497 e. The van der Waals surface area contributed by atoms with Crippen LogP contribution in [0.15, 0.2) is 83.8 Å². The number of para-hydroxylation sites is 1. The predicted octanol–water partition coefficient (Wildman–Crippen LogP) is 5.78. The molecule has 2 heterocycles. The van der Waals surface area contributed by atoms with Crippen LogP contribution >= 0.6 is 23.4 Å². The molecular weight excluding hydrogens is 402 g/mol. The van der Waals surface area contributed by atoms with Gasteiger partial charge < -0.3 is 4.74 Å². The maximum Gasteiger partial charge on any atom is 0.248 e. The van der Waals surface area contributed by atoms with Crippen LogP contribution in [-0.4, -0.2) is 18.4 Å². The van der Waals surface area contributed by atoms with Gasteiger partial charge in [-0.05, 0) is 41.8 Å². The lowest BCUT2D eigenvalue weighted by atomic mass is 9.72. The van der Waals surface area contributed by atoms with Gasteiger partial charge in [-0.3, -0.25) is 9.69 Å². The van der Waals surface area contributed by atoms with E-state index in [0.717, 1.165) is 28.3 Å². The van der Waals surface area contributed by atoms with E-state index >= 15 is 0 Å². The number of anilines is 1. The molecule has 3 aromatic carbocycles. The first kappa shape index (κ1) is 18.6. The summed E-state index contributed by atoms with van der Waals surface area (Å²) in [6.07, 6.45) is 0.739. The van der Waals surface area contributed by atoms with E-state index in [1.165, 1.54) is 5.56 Å². The number of carbonyl (C=O) groups is 1. The van der Waals surface area contributed by atoms with Gasteiger partial charge in [-0.25, -0.2) is 0 Å². The number of rotatable bonds is 3. The molecule has 0 spiro atoms. The fourth-order valence-corrected chi connectivity index (χ4v) is 6.22. The average molecular weight is 422 g/mol.